The SMILES string of the molecule is CC1=CC(c2noc(-c3cccc(-c4ccccc4)c3)n2)CC=C1N[C@H]1CC[C@@H](C(=O)O)C1. The van der Waals surface area contributed by atoms with Crippen LogP contribution in [0.1, 0.15) is 44.3 Å². The van der Waals surface area contributed by atoms with E-state index in [9.17, 15) is 9.90 Å². The highest BCUT2D eigenvalue weighted by Crippen LogP contribution is 2.32. The fourth-order valence-electron chi connectivity index (χ4n) is 4.74. The Labute approximate surface area is 193 Å². The van der Waals surface area contributed by atoms with Gasteiger partial charge in [-0.2, -0.15) is 4.98 Å². The molecule has 0 amide bonds. The third-order valence-corrected chi connectivity index (χ3v) is 6.58. The van der Waals surface area contributed by atoms with Crippen LogP contribution in [0.5, 0.6) is 0 Å². The third kappa shape index (κ3) is 4.60. The molecule has 0 spiro atoms. The molecule has 168 valence electrons. The largest absolute Gasteiger partial charge is 0.481 e. The summed E-state index contributed by atoms with van der Waals surface area (Å²) in [4.78, 5) is 15.9. The Balaban J connectivity index is 1.27. The van der Waals surface area contributed by atoms with Gasteiger partial charge in [-0.05, 0) is 61.4 Å². The van der Waals surface area contributed by atoms with Crippen LogP contribution in [0, 0.1) is 5.92 Å². The standard InChI is InChI=1S/C27H27N3O3/c1-17-14-20(11-13-24(17)28-23-12-10-22(16-23)27(31)32)25-29-26(33-30-25)21-9-5-8-19(15-21)18-6-3-2-4-7-18/h2-9,13-15,20,22-23,28H,10-12,16H2,1H3,(H,31,32)/t20?,22-,23+/m1/s1. The van der Waals surface area contributed by atoms with Crippen molar-refractivity contribution in [2.24, 2.45) is 5.92 Å². The zero-order valence-corrected chi connectivity index (χ0v) is 18.6. The topological polar surface area (TPSA) is 88.3 Å². The van der Waals surface area contributed by atoms with E-state index < -0.39 is 5.97 Å². The molecule has 6 nitrogen and oxygen atoms in total. The van der Waals surface area contributed by atoms with Gasteiger partial charge in [-0.3, -0.25) is 4.79 Å². The van der Waals surface area contributed by atoms with Crippen molar-refractivity contribution < 1.29 is 14.4 Å². The molecule has 1 aromatic heterocycles. The smallest absolute Gasteiger partial charge is 0.306 e. The van der Waals surface area contributed by atoms with E-state index in [-0.39, 0.29) is 17.9 Å². The molecule has 3 aromatic rings. The lowest BCUT2D eigenvalue weighted by atomic mass is 9.93. The van der Waals surface area contributed by atoms with Gasteiger partial charge in [0.15, 0.2) is 5.82 Å². The molecule has 2 aliphatic carbocycles. The van der Waals surface area contributed by atoms with E-state index in [0.717, 1.165) is 47.2 Å². The maximum absolute atomic E-state index is 11.2. The Hall–Kier alpha value is -3.67. The van der Waals surface area contributed by atoms with Gasteiger partial charge < -0.3 is 14.9 Å². The highest BCUT2D eigenvalue weighted by Gasteiger charge is 2.30. The van der Waals surface area contributed by atoms with E-state index in [2.05, 4.69) is 53.8 Å². The minimum absolute atomic E-state index is 0.0562. The van der Waals surface area contributed by atoms with E-state index in [1.54, 1.807) is 0 Å². The Kier molecular flexibility index (Phi) is 5.82. The number of hydrogen-bond acceptors (Lipinski definition) is 5. The summed E-state index contributed by atoms with van der Waals surface area (Å²) in [5, 5.41) is 17.0. The number of allylic oxidation sites excluding steroid dienone is 3. The molecule has 3 atom stereocenters. The third-order valence-electron chi connectivity index (χ3n) is 6.58. The number of hydrogen-bond donors (Lipinski definition) is 2. The summed E-state index contributed by atoms with van der Waals surface area (Å²) in [7, 11) is 0. The molecule has 2 aliphatic rings. The number of rotatable bonds is 6. The normalized spacial score (nSPS) is 22.5. The van der Waals surface area contributed by atoms with Gasteiger partial charge in [0.1, 0.15) is 0 Å². The lowest BCUT2D eigenvalue weighted by molar-refractivity contribution is -0.141. The van der Waals surface area contributed by atoms with Crippen LogP contribution in [0.15, 0.2) is 82.5 Å². The van der Waals surface area contributed by atoms with Crippen molar-refractivity contribution in [3.8, 4) is 22.6 Å². The number of aliphatic carboxylic acids is 1. The maximum Gasteiger partial charge on any atom is 0.306 e. The van der Waals surface area contributed by atoms with Crippen molar-refractivity contribution in [1.82, 2.24) is 15.5 Å². The Morgan fingerprint density at radius 2 is 1.85 bits per heavy atom. The van der Waals surface area contributed by atoms with E-state index >= 15 is 0 Å². The molecular formula is C27H27N3O3. The second-order valence-corrected chi connectivity index (χ2v) is 8.90. The van der Waals surface area contributed by atoms with Crippen molar-refractivity contribution >= 4 is 5.97 Å². The molecule has 6 heteroatoms. The van der Waals surface area contributed by atoms with Gasteiger partial charge in [0.05, 0.1) is 5.92 Å². The average molecular weight is 442 g/mol. The average Bonchev–Trinajstić information content (AvgIpc) is 3.51. The lowest BCUT2D eigenvalue weighted by Crippen LogP contribution is -2.28. The van der Waals surface area contributed by atoms with Crippen LogP contribution in [0.2, 0.25) is 0 Å². The summed E-state index contributed by atoms with van der Waals surface area (Å²) in [5.41, 5.74) is 5.37. The first-order valence-electron chi connectivity index (χ1n) is 11.4. The van der Waals surface area contributed by atoms with Crippen LogP contribution in [-0.2, 0) is 4.79 Å². The molecule has 2 aromatic carbocycles. The number of nitrogens with one attached hydrogen (secondary N) is 1. The predicted molar refractivity (Wildman–Crippen MR) is 126 cm³/mol. The van der Waals surface area contributed by atoms with Gasteiger partial charge in [-0.1, -0.05) is 59.8 Å². The zero-order chi connectivity index (χ0) is 22.8. The fraction of sp³-hybridized carbons (Fsp3) is 0.296. The predicted octanol–water partition coefficient (Wildman–Crippen LogP) is 5.56. The van der Waals surface area contributed by atoms with Gasteiger partial charge in [0, 0.05) is 23.2 Å². The second-order valence-electron chi connectivity index (χ2n) is 8.90. The van der Waals surface area contributed by atoms with Gasteiger partial charge in [0.2, 0.25) is 0 Å². The van der Waals surface area contributed by atoms with Crippen molar-refractivity contribution in [3.05, 3.63) is 83.8 Å². The molecule has 33 heavy (non-hydrogen) atoms. The van der Waals surface area contributed by atoms with Crippen molar-refractivity contribution in [2.45, 2.75) is 44.6 Å². The second kappa shape index (κ2) is 9.06. The Morgan fingerprint density at radius 1 is 1.06 bits per heavy atom. The summed E-state index contributed by atoms with van der Waals surface area (Å²) in [5.74, 6) is 0.331. The van der Waals surface area contributed by atoms with Crippen LogP contribution in [0.25, 0.3) is 22.6 Å². The minimum Gasteiger partial charge on any atom is -0.481 e. The van der Waals surface area contributed by atoms with Crippen LogP contribution >= 0.6 is 0 Å². The minimum atomic E-state index is -0.688. The van der Waals surface area contributed by atoms with Crippen LogP contribution in [0.4, 0.5) is 0 Å². The van der Waals surface area contributed by atoms with Crippen LogP contribution < -0.4 is 5.32 Å². The van der Waals surface area contributed by atoms with Gasteiger partial charge in [0.25, 0.3) is 5.89 Å². The van der Waals surface area contributed by atoms with Gasteiger partial charge in [-0.25, -0.2) is 0 Å². The van der Waals surface area contributed by atoms with E-state index in [4.69, 9.17) is 9.51 Å². The van der Waals surface area contributed by atoms with Crippen molar-refractivity contribution in [2.75, 3.05) is 0 Å². The number of carbonyl (C=O) groups is 1. The summed E-state index contributed by atoms with van der Waals surface area (Å²) in [6, 6.07) is 18.6. The Morgan fingerprint density at radius 3 is 2.61 bits per heavy atom. The molecule has 1 heterocycles. The van der Waals surface area contributed by atoms with Crippen LogP contribution in [-0.4, -0.2) is 27.3 Å². The molecule has 1 unspecified atom stereocenters. The van der Waals surface area contributed by atoms with E-state index in [1.165, 1.54) is 0 Å². The first-order chi connectivity index (χ1) is 16.1. The Bertz CT molecular complexity index is 1210. The maximum atomic E-state index is 11.2. The molecule has 1 fully saturated rings. The summed E-state index contributed by atoms with van der Waals surface area (Å²) in [6.07, 6.45) is 7.42. The number of aromatic nitrogens is 2. The molecular weight excluding hydrogens is 414 g/mol. The summed E-state index contributed by atoms with van der Waals surface area (Å²) >= 11 is 0. The van der Waals surface area contributed by atoms with E-state index in [1.807, 2.05) is 30.3 Å². The van der Waals surface area contributed by atoms with Gasteiger partial charge >= 0.3 is 5.97 Å². The van der Waals surface area contributed by atoms with Crippen LogP contribution in [0.3, 0.4) is 0 Å². The number of carboxylic acids is 1. The van der Waals surface area contributed by atoms with Gasteiger partial charge in [-0.15, -0.1) is 0 Å². The molecule has 0 radical (unpaired) electrons. The number of nitrogens with zero attached hydrogens (tertiary/aromatic N) is 2. The molecule has 0 bridgehead atoms. The first-order valence-corrected chi connectivity index (χ1v) is 11.4. The molecule has 1 saturated carbocycles. The van der Waals surface area contributed by atoms with E-state index in [0.29, 0.717) is 18.1 Å². The lowest BCUT2D eigenvalue weighted by Gasteiger charge is -2.22. The highest BCUT2D eigenvalue weighted by molar-refractivity contribution is 5.70. The highest BCUT2D eigenvalue weighted by atomic mass is 16.5. The van der Waals surface area contributed by atoms with Crippen molar-refractivity contribution in [3.63, 3.8) is 0 Å². The summed E-state index contributed by atoms with van der Waals surface area (Å²) in [6.45, 7) is 2.07. The summed E-state index contributed by atoms with van der Waals surface area (Å²) < 4.78 is 5.62. The van der Waals surface area contributed by atoms with Crippen molar-refractivity contribution in [1.29, 1.82) is 0 Å². The molecule has 0 aliphatic heterocycles. The molecule has 0 saturated heterocycles. The first kappa shape index (κ1) is 21.2. The number of benzene rings is 2. The number of carboxylic acid groups (broad SMARTS) is 1. The zero-order valence-electron chi connectivity index (χ0n) is 18.6. The fourth-order valence-corrected chi connectivity index (χ4v) is 4.74. The monoisotopic (exact) mass is 441 g/mol. The quantitative estimate of drug-likeness (QED) is 0.520. The molecule has 5 rings (SSSR count). The molecule has 2 N–H and O–H groups in total.